The molecule has 0 heterocycles. The van der Waals surface area contributed by atoms with Crippen LogP contribution in [0.2, 0.25) is 0 Å². The molecule has 1 atom stereocenters. The predicted molar refractivity (Wildman–Crippen MR) is 69.1 cm³/mol. The van der Waals surface area contributed by atoms with E-state index in [0.29, 0.717) is 0 Å². The molecule has 1 rings (SSSR count). The SMILES string of the molecule is CC(C)(CO)[C@@H](N)c1c(F)ccc(Br)c1F.Cl. The molecule has 0 aliphatic carbocycles. The highest BCUT2D eigenvalue weighted by molar-refractivity contribution is 9.10. The van der Waals surface area contributed by atoms with Crippen molar-refractivity contribution >= 4 is 28.3 Å². The Balaban J connectivity index is 0.00000256. The van der Waals surface area contributed by atoms with Crippen LogP contribution in [0.25, 0.3) is 0 Å². The third kappa shape index (κ3) is 3.37. The third-order valence-electron chi connectivity index (χ3n) is 2.64. The summed E-state index contributed by atoms with van der Waals surface area (Å²) in [6, 6.07) is 1.53. The van der Waals surface area contributed by atoms with E-state index in [0.717, 1.165) is 6.07 Å². The molecule has 0 bridgehead atoms. The maximum Gasteiger partial charge on any atom is 0.145 e. The lowest BCUT2D eigenvalue weighted by Crippen LogP contribution is -2.33. The van der Waals surface area contributed by atoms with Gasteiger partial charge in [-0.2, -0.15) is 0 Å². The zero-order valence-electron chi connectivity index (χ0n) is 9.51. The molecule has 0 unspecified atom stereocenters. The molecular formula is C11H15BrClF2NO. The fraction of sp³-hybridized carbons (Fsp3) is 0.455. The molecule has 0 aliphatic rings. The summed E-state index contributed by atoms with van der Waals surface area (Å²) < 4.78 is 27.4. The lowest BCUT2D eigenvalue weighted by Gasteiger charge is -2.30. The molecule has 0 saturated heterocycles. The Bertz CT molecular complexity index is 401. The maximum absolute atomic E-state index is 13.7. The first-order valence-electron chi connectivity index (χ1n) is 4.81. The summed E-state index contributed by atoms with van der Waals surface area (Å²) in [6.45, 7) is 3.05. The molecule has 0 spiro atoms. The van der Waals surface area contributed by atoms with Crippen LogP contribution in [0.4, 0.5) is 8.78 Å². The second kappa shape index (κ2) is 6.09. The Morgan fingerprint density at radius 2 is 1.94 bits per heavy atom. The molecule has 0 saturated carbocycles. The number of hydrogen-bond donors (Lipinski definition) is 2. The summed E-state index contributed by atoms with van der Waals surface area (Å²) in [5, 5.41) is 9.14. The maximum atomic E-state index is 13.7. The lowest BCUT2D eigenvalue weighted by atomic mass is 9.81. The van der Waals surface area contributed by atoms with Gasteiger partial charge in [0.05, 0.1) is 4.47 Å². The molecule has 1 aromatic rings. The summed E-state index contributed by atoms with van der Waals surface area (Å²) in [6.07, 6.45) is 0. The van der Waals surface area contributed by atoms with Crippen LogP contribution < -0.4 is 5.73 Å². The minimum absolute atomic E-state index is 0. The topological polar surface area (TPSA) is 46.2 Å². The van der Waals surface area contributed by atoms with Crippen molar-refractivity contribution in [1.82, 2.24) is 0 Å². The Hall–Kier alpha value is -0.230. The molecule has 0 aliphatic heterocycles. The molecule has 1 aromatic carbocycles. The van der Waals surface area contributed by atoms with Gasteiger partial charge < -0.3 is 10.8 Å². The van der Waals surface area contributed by atoms with Crippen LogP contribution in [-0.4, -0.2) is 11.7 Å². The van der Waals surface area contributed by atoms with Crippen molar-refractivity contribution in [2.45, 2.75) is 19.9 Å². The van der Waals surface area contributed by atoms with Gasteiger partial charge in [-0.05, 0) is 28.1 Å². The standard InChI is InChI=1S/C11H14BrF2NO.ClH/c1-11(2,5-16)10(15)8-7(13)4-3-6(12)9(8)14;/h3-4,10,16H,5,15H2,1-2H3;1H/t10-;/m0./s1. The van der Waals surface area contributed by atoms with Crippen LogP contribution in [0.5, 0.6) is 0 Å². The van der Waals surface area contributed by atoms with E-state index in [-0.39, 0.29) is 29.1 Å². The molecule has 0 amide bonds. The van der Waals surface area contributed by atoms with Gasteiger partial charge in [0.15, 0.2) is 0 Å². The van der Waals surface area contributed by atoms with Crippen LogP contribution in [0.15, 0.2) is 16.6 Å². The van der Waals surface area contributed by atoms with E-state index < -0.39 is 23.1 Å². The Kier molecular flexibility index (Phi) is 6.01. The van der Waals surface area contributed by atoms with Gasteiger partial charge in [-0.25, -0.2) is 8.78 Å². The highest BCUT2D eigenvalue weighted by Gasteiger charge is 2.31. The van der Waals surface area contributed by atoms with Crippen molar-refractivity contribution in [3.8, 4) is 0 Å². The molecule has 98 valence electrons. The van der Waals surface area contributed by atoms with Crippen LogP contribution in [0.1, 0.15) is 25.5 Å². The van der Waals surface area contributed by atoms with Crippen LogP contribution in [-0.2, 0) is 0 Å². The molecule has 0 aromatic heterocycles. The summed E-state index contributed by atoms with van der Waals surface area (Å²) >= 11 is 2.98. The zero-order chi connectivity index (χ0) is 12.5. The van der Waals surface area contributed by atoms with Gasteiger partial charge in [0.2, 0.25) is 0 Å². The number of aliphatic hydroxyl groups is 1. The van der Waals surface area contributed by atoms with Gasteiger partial charge in [-0.15, -0.1) is 12.4 Å². The fourth-order valence-electron chi connectivity index (χ4n) is 1.32. The monoisotopic (exact) mass is 329 g/mol. The first-order chi connectivity index (χ1) is 7.31. The quantitative estimate of drug-likeness (QED) is 0.836. The first-order valence-corrected chi connectivity index (χ1v) is 5.60. The highest BCUT2D eigenvalue weighted by Crippen LogP contribution is 2.35. The van der Waals surface area contributed by atoms with Crippen molar-refractivity contribution < 1.29 is 13.9 Å². The summed E-state index contributed by atoms with van der Waals surface area (Å²) in [4.78, 5) is 0. The predicted octanol–water partition coefficient (Wildman–Crippen LogP) is 3.17. The number of halogens is 4. The van der Waals surface area contributed by atoms with Crippen molar-refractivity contribution in [2.75, 3.05) is 6.61 Å². The van der Waals surface area contributed by atoms with E-state index >= 15 is 0 Å². The molecule has 17 heavy (non-hydrogen) atoms. The van der Waals surface area contributed by atoms with E-state index in [2.05, 4.69) is 15.9 Å². The molecule has 0 radical (unpaired) electrons. The van der Waals surface area contributed by atoms with E-state index in [1.807, 2.05) is 0 Å². The van der Waals surface area contributed by atoms with E-state index in [1.165, 1.54) is 6.07 Å². The van der Waals surface area contributed by atoms with Crippen molar-refractivity contribution in [3.63, 3.8) is 0 Å². The van der Waals surface area contributed by atoms with Crippen molar-refractivity contribution in [1.29, 1.82) is 0 Å². The second-order valence-corrected chi connectivity index (χ2v) is 5.24. The molecule has 2 nitrogen and oxygen atoms in total. The van der Waals surface area contributed by atoms with Gasteiger partial charge in [0.1, 0.15) is 11.6 Å². The Morgan fingerprint density at radius 1 is 1.41 bits per heavy atom. The van der Waals surface area contributed by atoms with Gasteiger partial charge >= 0.3 is 0 Å². The van der Waals surface area contributed by atoms with Gasteiger partial charge in [-0.1, -0.05) is 13.8 Å². The first kappa shape index (κ1) is 16.8. The highest BCUT2D eigenvalue weighted by atomic mass is 79.9. The van der Waals surface area contributed by atoms with E-state index in [9.17, 15) is 8.78 Å². The molecule has 3 N–H and O–H groups in total. The van der Waals surface area contributed by atoms with Crippen molar-refractivity contribution in [2.24, 2.45) is 11.1 Å². The average Bonchev–Trinajstić information content (AvgIpc) is 2.24. The molecule has 6 heteroatoms. The van der Waals surface area contributed by atoms with E-state index in [1.54, 1.807) is 13.8 Å². The summed E-state index contributed by atoms with van der Waals surface area (Å²) in [7, 11) is 0. The van der Waals surface area contributed by atoms with Gasteiger partial charge in [0.25, 0.3) is 0 Å². The van der Waals surface area contributed by atoms with Crippen LogP contribution in [0, 0.1) is 17.0 Å². The number of rotatable bonds is 3. The fourth-order valence-corrected chi connectivity index (χ4v) is 1.66. The van der Waals surface area contributed by atoms with Crippen LogP contribution >= 0.6 is 28.3 Å². The minimum Gasteiger partial charge on any atom is -0.396 e. The third-order valence-corrected chi connectivity index (χ3v) is 3.25. The van der Waals surface area contributed by atoms with Gasteiger partial charge in [0, 0.05) is 23.6 Å². The van der Waals surface area contributed by atoms with Crippen LogP contribution in [0.3, 0.4) is 0 Å². The Labute approximate surface area is 114 Å². The summed E-state index contributed by atoms with van der Waals surface area (Å²) in [5.41, 5.74) is 4.80. The summed E-state index contributed by atoms with van der Waals surface area (Å²) in [5.74, 6) is -1.41. The molecular weight excluding hydrogens is 315 g/mol. The number of aliphatic hydroxyl groups excluding tert-OH is 1. The smallest absolute Gasteiger partial charge is 0.145 e. The lowest BCUT2D eigenvalue weighted by molar-refractivity contribution is 0.129. The Morgan fingerprint density at radius 3 is 2.41 bits per heavy atom. The number of hydrogen-bond acceptors (Lipinski definition) is 2. The van der Waals surface area contributed by atoms with Crippen molar-refractivity contribution in [3.05, 3.63) is 33.8 Å². The largest absolute Gasteiger partial charge is 0.396 e. The zero-order valence-corrected chi connectivity index (χ0v) is 11.9. The minimum atomic E-state index is -0.907. The number of benzene rings is 1. The normalized spacial score (nSPS) is 13.1. The second-order valence-electron chi connectivity index (χ2n) is 4.38. The molecule has 0 fully saturated rings. The number of nitrogens with two attached hydrogens (primary N) is 1. The van der Waals surface area contributed by atoms with Gasteiger partial charge in [-0.3, -0.25) is 0 Å². The van der Waals surface area contributed by atoms with E-state index in [4.69, 9.17) is 10.8 Å². The average molecular weight is 331 g/mol.